The number of benzene rings is 1. The van der Waals surface area contributed by atoms with Crippen LogP contribution in [0.5, 0.6) is 0 Å². The number of anilines is 1. The largest absolute Gasteiger partial charge is 0.444 e. The summed E-state index contributed by atoms with van der Waals surface area (Å²) in [5.41, 5.74) is -0.409. The summed E-state index contributed by atoms with van der Waals surface area (Å²) in [4.78, 5) is 73.9. The van der Waals surface area contributed by atoms with Crippen molar-refractivity contribution in [1.29, 1.82) is 0 Å². The average molecular weight is 623 g/mol. The number of carbonyl (C=O) groups is 6. The molecule has 15 heteroatoms. The van der Waals surface area contributed by atoms with E-state index >= 15 is 0 Å². The first-order valence-corrected chi connectivity index (χ1v) is 14.2. The molecule has 244 valence electrons. The molecular formula is C29H42N4O11. The van der Waals surface area contributed by atoms with Crippen molar-refractivity contribution >= 4 is 41.7 Å². The number of ether oxygens (including phenoxy) is 5. The fraction of sp³-hybridized carbons (Fsp3) is 0.586. The number of fused-ring (bicyclic) bond motifs is 1. The number of rotatable bonds is 20. The first kappa shape index (κ1) is 36.3. The SMILES string of the molecule is CNC(=O)CCC(C=O)N1C(=O)c2cccc(NC(=O)COCCOCCOCCOCCNC(=O)OC(C)(C)C)c2C1=O. The van der Waals surface area contributed by atoms with E-state index in [1.165, 1.54) is 25.2 Å². The fourth-order valence-corrected chi connectivity index (χ4v) is 3.92. The second-order valence-corrected chi connectivity index (χ2v) is 10.5. The van der Waals surface area contributed by atoms with Gasteiger partial charge in [0.1, 0.15) is 18.5 Å². The van der Waals surface area contributed by atoms with Crippen LogP contribution in [0.3, 0.4) is 0 Å². The van der Waals surface area contributed by atoms with Crippen LogP contribution in [-0.2, 0) is 38.1 Å². The lowest BCUT2D eigenvalue weighted by Crippen LogP contribution is -2.41. The summed E-state index contributed by atoms with van der Waals surface area (Å²) in [5.74, 6) is -2.28. The summed E-state index contributed by atoms with van der Waals surface area (Å²) in [5, 5.41) is 7.59. The van der Waals surface area contributed by atoms with E-state index < -0.39 is 35.5 Å². The van der Waals surface area contributed by atoms with Crippen molar-refractivity contribution in [3.8, 4) is 0 Å². The molecule has 15 nitrogen and oxygen atoms in total. The number of nitrogens with zero attached hydrogens (tertiary/aromatic N) is 1. The number of nitrogens with one attached hydrogen (secondary N) is 3. The van der Waals surface area contributed by atoms with Crippen LogP contribution in [0.1, 0.15) is 54.3 Å². The Hall–Kier alpha value is -3.92. The summed E-state index contributed by atoms with van der Waals surface area (Å²) >= 11 is 0. The van der Waals surface area contributed by atoms with Gasteiger partial charge in [-0.25, -0.2) is 4.79 Å². The van der Waals surface area contributed by atoms with Gasteiger partial charge in [-0.05, 0) is 39.3 Å². The maximum Gasteiger partial charge on any atom is 0.407 e. The first-order valence-electron chi connectivity index (χ1n) is 14.2. The van der Waals surface area contributed by atoms with Crippen molar-refractivity contribution in [1.82, 2.24) is 15.5 Å². The van der Waals surface area contributed by atoms with E-state index in [4.69, 9.17) is 23.7 Å². The van der Waals surface area contributed by atoms with Gasteiger partial charge in [-0.2, -0.15) is 0 Å². The highest BCUT2D eigenvalue weighted by Gasteiger charge is 2.41. The summed E-state index contributed by atoms with van der Waals surface area (Å²) in [6.45, 7) is 7.37. The minimum Gasteiger partial charge on any atom is -0.444 e. The third-order valence-electron chi connectivity index (χ3n) is 5.92. The molecular weight excluding hydrogens is 580 g/mol. The average Bonchev–Trinajstić information content (AvgIpc) is 3.22. The Kier molecular flexibility index (Phi) is 15.4. The quantitative estimate of drug-likeness (QED) is 0.107. The summed E-state index contributed by atoms with van der Waals surface area (Å²) < 4.78 is 26.6. The number of amides is 5. The topological polar surface area (TPSA) is 188 Å². The molecule has 0 radical (unpaired) electrons. The zero-order valence-electron chi connectivity index (χ0n) is 25.6. The molecule has 3 N–H and O–H groups in total. The number of imide groups is 1. The second-order valence-electron chi connectivity index (χ2n) is 10.5. The van der Waals surface area contributed by atoms with E-state index in [1.807, 2.05) is 0 Å². The van der Waals surface area contributed by atoms with Crippen molar-refractivity contribution in [2.45, 2.75) is 45.3 Å². The zero-order chi connectivity index (χ0) is 32.5. The molecule has 0 saturated heterocycles. The maximum absolute atomic E-state index is 13.1. The van der Waals surface area contributed by atoms with Crippen LogP contribution >= 0.6 is 0 Å². The zero-order valence-corrected chi connectivity index (χ0v) is 25.6. The van der Waals surface area contributed by atoms with Gasteiger partial charge < -0.3 is 44.4 Å². The van der Waals surface area contributed by atoms with Crippen molar-refractivity contribution in [3.05, 3.63) is 29.3 Å². The third-order valence-corrected chi connectivity index (χ3v) is 5.92. The van der Waals surface area contributed by atoms with Gasteiger partial charge in [0.05, 0.1) is 69.1 Å². The second kappa shape index (κ2) is 18.7. The van der Waals surface area contributed by atoms with Crippen molar-refractivity contribution < 1.29 is 52.5 Å². The minimum absolute atomic E-state index is 0.0242. The summed E-state index contributed by atoms with van der Waals surface area (Å²) in [6, 6.07) is 3.30. The Morgan fingerprint density at radius 2 is 1.50 bits per heavy atom. The van der Waals surface area contributed by atoms with Crippen LogP contribution in [-0.4, -0.2) is 119 Å². The van der Waals surface area contributed by atoms with Gasteiger partial charge in [0.25, 0.3) is 11.8 Å². The minimum atomic E-state index is -1.12. The van der Waals surface area contributed by atoms with E-state index in [1.54, 1.807) is 20.8 Å². The number of alkyl carbamates (subject to hydrolysis) is 1. The Balaban J connectivity index is 1.60. The molecule has 5 amide bonds. The standard InChI is InChI=1S/C29H42N4O11/c1-29(2,3)44-28(39)31-10-11-40-12-13-41-14-15-42-16-17-43-19-24(36)32-22-7-5-6-21-25(22)27(38)33(26(21)37)20(18-34)8-9-23(35)30-4/h5-7,18,20H,8-17,19H2,1-4H3,(H,30,35)(H,31,39)(H,32,36). The number of hydrogen-bond donors (Lipinski definition) is 3. The highest BCUT2D eigenvalue weighted by atomic mass is 16.6. The summed E-state index contributed by atoms with van der Waals surface area (Å²) in [6.07, 6.45) is -0.112. The van der Waals surface area contributed by atoms with Crippen LogP contribution in [0.25, 0.3) is 0 Å². The molecule has 2 rings (SSSR count). The van der Waals surface area contributed by atoms with Gasteiger partial charge in [0, 0.05) is 20.0 Å². The fourth-order valence-electron chi connectivity index (χ4n) is 3.92. The van der Waals surface area contributed by atoms with Crippen molar-refractivity contribution in [3.63, 3.8) is 0 Å². The first-order chi connectivity index (χ1) is 21.0. The molecule has 0 saturated carbocycles. The van der Waals surface area contributed by atoms with Crippen LogP contribution < -0.4 is 16.0 Å². The third kappa shape index (κ3) is 12.4. The monoisotopic (exact) mass is 622 g/mol. The Labute approximate surface area is 256 Å². The number of hydrogen-bond acceptors (Lipinski definition) is 11. The normalized spacial score (nSPS) is 13.3. The molecule has 0 spiro atoms. The lowest BCUT2D eigenvalue weighted by atomic mass is 10.1. The molecule has 0 bridgehead atoms. The van der Waals surface area contributed by atoms with Gasteiger partial charge in [-0.3, -0.25) is 24.1 Å². The Morgan fingerprint density at radius 3 is 2.09 bits per heavy atom. The summed E-state index contributed by atoms with van der Waals surface area (Å²) in [7, 11) is 1.45. The van der Waals surface area contributed by atoms with E-state index in [0.29, 0.717) is 45.9 Å². The van der Waals surface area contributed by atoms with Gasteiger partial charge in [-0.15, -0.1) is 0 Å². The maximum atomic E-state index is 13.1. The van der Waals surface area contributed by atoms with Gasteiger partial charge >= 0.3 is 6.09 Å². The smallest absolute Gasteiger partial charge is 0.407 e. The van der Waals surface area contributed by atoms with Crippen LogP contribution in [0.15, 0.2) is 18.2 Å². The van der Waals surface area contributed by atoms with E-state index in [2.05, 4.69) is 16.0 Å². The molecule has 1 aromatic rings. The Bertz CT molecular complexity index is 1150. The molecule has 1 atom stereocenters. The number of carbonyl (C=O) groups excluding carboxylic acids is 6. The van der Waals surface area contributed by atoms with Crippen LogP contribution in [0, 0.1) is 0 Å². The van der Waals surface area contributed by atoms with Crippen molar-refractivity contribution in [2.75, 3.05) is 71.8 Å². The highest BCUT2D eigenvalue weighted by molar-refractivity contribution is 6.25. The molecule has 1 unspecified atom stereocenters. The predicted octanol–water partition coefficient (Wildman–Crippen LogP) is 0.906. The van der Waals surface area contributed by atoms with E-state index in [-0.39, 0.29) is 55.4 Å². The van der Waals surface area contributed by atoms with E-state index in [9.17, 15) is 28.8 Å². The lowest BCUT2D eigenvalue weighted by Gasteiger charge is -2.21. The van der Waals surface area contributed by atoms with Crippen LogP contribution in [0.4, 0.5) is 10.5 Å². The molecule has 1 aromatic carbocycles. The van der Waals surface area contributed by atoms with Gasteiger partial charge in [-0.1, -0.05) is 6.07 Å². The van der Waals surface area contributed by atoms with Gasteiger partial charge in [0.15, 0.2) is 0 Å². The molecule has 1 aliphatic heterocycles. The molecule has 1 heterocycles. The predicted molar refractivity (Wildman–Crippen MR) is 156 cm³/mol. The molecule has 0 aromatic heterocycles. The van der Waals surface area contributed by atoms with E-state index in [0.717, 1.165) is 4.90 Å². The lowest BCUT2D eigenvalue weighted by molar-refractivity contribution is -0.122. The molecule has 0 aliphatic carbocycles. The number of aldehydes is 1. The van der Waals surface area contributed by atoms with Crippen LogP contribution in [0.2, 0.25) is 0 Å². The molecule has 44 heavy (non-hydrogen) atoms. The Morgan fingerprint density at radius 1 is 0.886 bits per heavy atom. The van der Waals surface area contributed by atoms with Gasteiger partial charge in [0.2, 0.25) is 11.8 Å². The van der Waals surface area contributed by atoms with Crippen molar-refractivity contribution in [2.24, 2.45) is 0 Å². The molecule has 0 fully saturated rings. The highest BCUT2D eigenvalue weighted by Crippen LogP contribution is 2.31. The molecule has 1 aliphatic rings.